The van der Waals surface area contributed by atoms with Crippen molar-refractivity contribution in [2.24, 2.45) is 20.5 Å². The van der Waals surface area contributed by atoms with Gasteiger partial charge in [0.15, 0.2) is 16.0 Å². The molecule has 2 N–H and O–H groups in total. The van der Waals surface area contributed by atoms with Crippen LogP contribution in [0.25, 0.3) is 0 Å². The first-order valence-electron chi connectivity index (χ1n) is 7.74. The lowest BCUT2D eigenvalue weighted by Gasteiger charge is -2.07. The maximum Gasteiger partial charge on any atom is 0.197 e. The number of hydrogen-bond donors (Lipinski definition) is 2. The molecule has 3 rings (SSSR count). The number of halogens is 2. The standard InChI is InChI=1S/C16H10Cl2N8O2S/c1-6-12(27)9(22-24-15-11(17)14(18)20-5-21-15)3-10(13(6)28)23-25-16-8(4-19)7(2)26-29-16/h3,5,27-28H,1-2H3/b24-22+,25-23+. The summed E-state index contributed by atoms with van der Waals surface area (Å²) in [6, 6.07) is 3.26. The Bertz CT molecular complexity index is 1170. The molecule has 0 fully saturated rings. The van der Waals surface area contributed by atoms with Gasteiger partial charge in [0.25, 0.3) is 0 Å². The zero-order chi connectivity index (χ0) is 21.1. The zero-order valence-electron chi connectivity index (χ0n) is 14.8. The van der Waals surface area contributed by atoms with Crippen LogP contribution in [0.3, 0.4) is 0 Å². The molecule has 0 saturated heterocycles. The van der Waals surface area contributed by atoms with E-state index in [1.807, 2.05) is 6.07 Å². The molecule has 0 aliphatic heterocycles. The molecule has 2 aromatic heterocycles. The van der Waals surface area contributed by atoms with Crippen LogP contribution in [0.15, 0.2) is 32.9 Å². The monoisotopic (exact) mass is 448 g/mol. The van der Waals surface area contributed by atoms with Crippen molar-refractivity contribution in [3.8, 4) is 17.6 Å². The second-order valence-corrected chi connectivity index (χ2v) is 6.99. The number of phenolic OH excluding ortho intramolecular Hbond substituents is 2. The molecule has 13 heteroatoms. The summed E-state index contributed by atoms with van der Waals surface area (Å²) >= 11 is 12.8. The third-order valence-corrected chi connectivity index (χ3v) is 5.21. The first-order chi connectivity index (χ1) is 13.8. The van der Waals surface area contributed by atoms with E-state index in [2.05, 4.69) is 34.8 Å². The van der Waals surface area contributed by atoms with Crippen LogP contribution in [-0.4, -0.2) is 24.6 Å². The number of nitriles is 1. The highest BCUT2D eigenvalue weighted by molar-refractivity contribution is 7.10. The Kier molecular flexibility index (Phi) is 5.97. The molecule has 0 amide bonds. The Labute approximate surface area is 178 Å². The molecule has 29 heavy (non-hydrogen) atoms. The highest BCUT2D eigenvalue weighted by Crippen LogP contribution is 2.44. The second kappa shape index (κ2) is 8.44. The fourth-order valence-corrected chi connectivity index (χ4v) is 3.02. The summed E-state index contributed by atoms with van der Waals surface area (Å²) in [5, 5.41) is 45.6. The van der Waals surface area contributed by atoms with Crippen molar-refractivity contribution in [1.29, 1.82) is 5.26 Å². The number of azo groups is 2. The number of aromatic hydroxyl groups is 2. The van der Waals surface area contributed by atoms with E-state index in [0.29, 0.717) is 16.3 Å². The average Bonchev–Trinajstić information content (AvgIpc) is 3.07. The highest BCUT2D eigenvalue weighted by Gasteiger charge is 2.16. The van der Waals surface area contributed by atoms with E-state index in [1.165, 1.54) is 13.0 Å². The van der Waals surface area contributed by atoms with Gasteiger partial charge in [-0.3, -0.25) is 0 Å². The maximum atomic E-state index is 10.3. The van der Waals surface area contributed by atoms with Crippen LogP contribution in [0.2, 0.25) is 10.2 Å². The van der Waals surface area contributed by atoms with Crippen LogP contribution < -0.4 is 0 Å². The summed E-state index contributed by atoms with van der Waals surface area (Å²) in [7, 11) is 0. The number of rotatable bonds is 4. The molecule has 0 aliphatic carbocycles. The summed E-state index contributed by atoms with van der Waals surface area (Å²) < 4.78 is 4.04. The van der Waals surface area contributed by atoms with E-state index < -0.39 is 0 Å². The molecule has 10 nitrogen and oxygen atoms in total. The molecule has 0 saturated carbocycles. The fourth-order valence-electron chi connectivity index (χ4n) is 2.08. The molecule has 1 aromatic carbocycles. The molecule has 146 valence electrons. The molecule has 0 atom stereocenters. The van der Waals surface area contributed by atoms with Crippen LogP contribution in [0.5, 0.6) is 11.5 Å². The van der Waals surface area contributed by atoms with Crippen molar-refractivity contribution >= 4 is 56.9 Å². The van der Waals surface area contributed by atoms with Crippen molar-refractivity contribution in [2.75, 3.05) is 0 Å². The Morgan fingerprint density at radius 3 is 2.34 bits per heavy atom. The van der Waals surface area contributed by atoms with Crippen LogP contribution in [-0.2, 0) is 0 Å². The van der Waals surface area contributed by atoms with Gasteiger partial charge in [0.05, 0.1) is 5.69 Å². The largest absolute Gasteiger partial charge is 0.505 e. The van der Waals surface area contributed by atoms with E-state index in [0.717, 1.165) is 17.9 Å². The van der Waals surface area contributed by atoms with Crippen molar-refractivity contribution < 1.29 is 10.2 Å². The number of phenols is 2. The van der Waals surface area contributed by atoms with E-state index in [-0.39, 0.29) is 44.4 Å². The molecular formula is C16H10Cl2N8O2S. The molecule has 3 aromatic rings. The first kappa shape index (κ1) is 20.5. The number of hydrogen-bond acceptors (Lipinski definition) is 11. The number of nitrogens with zero attached hydrogens (tertiary/aromatic N) is 8. The molecule has 0 spiro atoms. The minimum absolute atomic E-state index is 0.00114. The number of aryl methyl sites for hydroxylation is 1. The van der Waals surface area contributed by atoms with E-state index >= 15 is 0 Å². The van der Waals surface area contributed by atoms with Gasteiger partial charge in [-0.05, 0) is 25.4 Å². The number of benzene rings is 1. The Hall–Kier alpha value is -3.20. The highest BCUT2D eigenvalue weighted by atomic mass is 35.5. The van der Waals surface area contributed by atoms with Crippen LogP contribution >= 0.6 is 34.7 Å². The zero-order valence-corrected chi connectivity index (χ0v) is 17.1. The predicted molar refractivity (Wildman–Crippen MR) is 106 cm³/mol. The summed E-state index contributed by atoms with van der Waals surface area (Å²) in [5.74, 6) is -0.611. The van der Waals surface area contributed by atoms with Gasteiger partial charge in [0.2, 0.25) is 0 Å². The van der Waals surface area contributed by atoms with E-state index in [1.54, 1.807) is 6.92 Å². The van der Waals surface area contributed by atoms with Crippen LogP contribution in [0.1, 0.15) is 16.8 Å². The maximum absolute atomic E-state index is 10.3. The topological polar surface area (TPSA) is 152 Å². The van der Waals surface area contributed by atoms with Gasteiger partial charge in [0.1, 0.15) is 45.9 Å². The van der Waals surface area contributed by atoms with Gasteiger partial charge in [-0.1, -0.05) is 23.2 Å². The first-order valence-corrected chi connectivity index (χ1v) is 9.27. The summed E-state index contributed by atoms with van der Waals surface area (Å²) in [5.41, 5.74) is 0.941. The minimum Gasteiger partial charge on any atom is -0.505 e. The smallest absolute Gasteiger partial charge is 0.197 e. The predicted octanol–water partition coefficient (Wildman–Crippen LogP) is 5.97. The normalized spacial score (nSPS) is 11.4. The van der Waals surface area contributed by atoms with Crippen molar-refractivity contribution in [3.63, 3.8) is 0 Å². The van der Waals surface area contributed by atoms with Gasteiger partial charge in [0, 0.05) is 11.6 Å². The number of aromatic nitrogens is 3. The third-order valence-electron chi connectivity index (χ3n) is 3.66. The molecule has 2 heterocycles. The van der Waals surface area contributed by atoms with Gasteiger partial charge >= 0.3 is 0 Å². The lowest BCUT2D eigenvalue weighted by atomic mass is 10.1. The van der Waals surface area contributed by atoms with Gasteiger partial charge in [-0.2, -0.15) is 9.64 Å². The Morgan fingerprint density at radius 1 is 1.03 bits per heavy atom. The van der Waals surface area contributed by atoms with Crippen molar-refractivity contribution in [1.82, 2.24) is 14.3 Å². The molecule has 0 bridgehead atoms. The minimum atomic E-state index is -0.312. The fraction of sp³-hybridized carbons (Fsp3) is 0.125. The summed E-state index contributed by atoms with van der Waals surface area (Å²) in [4.78, 5) is 7.55. The summed E-state index contributed by atoms with van der Waals surface area (Å²) in [6.07, 6.45) is 1.16. The van der Waals surface area contributed by atoms with Crippen LogP contribution in [0, 0.1) is 25.2 Å². The van der Waals surface area contributed by atoms with Gasteiger partial charge in [-0.25, -0.2) is 9.97 Å². The summed E-state index contributed by atoms with van der Waals surface area (Å²) in [6.45, 7) is 3.15. The Morgan fingerprint density at radius 2 is 1.69 bits per heavy atom. The quantitative estimate of drug-likeness (QED) is 0.370. The van der Waals surface area contributed by atoms with E-state index in [9.17, 15) is 10.2 Å². The van der Waals surface area contributed by atoms with Crippen LogP contribution in [0.4, 0.5) is 22.2 Å². The van der Waals surface area contributed by atoms with Gasteiger partial charge < -0.3 is 10.2 Å². The second-order valence-electron chi connectivity index (χ2n) is 5.50. The lowest BCUT2D eigenvalue weighted by Crippen LogP contribution is -1.82. The van der Waals surface area contributed by atoms with Gasteiger partial charge in [-0.15, -0.1) is 20.5 Å². The van der Waals surface area contributed by atoms with Crippen molar-refractivity contribution in [3.05, 3.63) is 39.4 Å². The molecule has 0 aliphatic rings. The molecule has 0 radical (unpaired) electrons. The SMILES string of the molecule is Cc1nsc(/N=N/c2cc(/N=N/c3ncnc(Cl)c3Cl)c(O)c(C)c2O)c1C#N. The Balaban J connectivity index is 2.01. The lowest BCUT2D eigenvalue weighted by molar-refractivity contribution is 0.445. The third kappa shape index (κ3) is 4.14. The average molecular weight is 449 g/mol. The molecular weight excluding hydrogens is 439 g/mol. The van der Waals surface area contributed by atoms with Crippen molar-refractivity contribution in [2.45, 2.75) is 13.8 Å². The van der Waals surface area contributed by atoms with E-state index in [4.69, 9.17) is 28.5 Å². The molecule has 0 unspecified atom stereocenters.